The number of aromatic nitrogens is 2. The molecule has 1 saturated carbocycles. The van der Waals surface area contributed by atoms with Crippen LogP contribution in [0.3, 0.4) is 0 Å². The van der Waals surface area contributed by atoms with Crippen molar-refractivity contribution in [2.24, 2.45) is 0 Å². The summed E-state index contributed by atoms with van der Waals surface area (Å²) in [6.45, 7) is 4.24. The van der Waals surface area contributed by atoms with Crippen molar-refractivity contribution in [3.8, 4) is 6.07 Å². The van der Waals surface area contributed by atoms with Gasteiger partial charge >= 0.3 is 0 Å². The smallest absolute Gasteiger partial charge is 0.140 e. The summed E-state index contributed by atoms with van der Waals surface area (Å²) < 4.78 is 0. The van der Waals surface area contributed by atoms with Crippen LogP contribution in [0.25, 0.3) is 10.9 Å². The molecule has 25 heavy (non-hydrogen) atoms. The standard InChI is InChI=1S/C19H20ClN5/c1-2-5-24-6-7-25(11-14(24)10-21)19-16-8-15(13-3-4-13)17(20)9-18(16)22-12-23-19/h2,5,8-9,12-14H,3-4,6-7,11H2,1H3. The third-order valence-electron chi connectivity index (χ3n) is 4.96. The molecule has 0 bridgehead atoms. The molecule has 0 amide bonds. The van der Waals surface area contributed by atoms with E-state index < -0.39 is 0 Å². The number of nitrogens with zero attached hydrogens (tertiary/aromatic N) is 5. The van der Waals surface area contributed by atoms with Gasteiger partial charge in [-0.25, -0.2) is 9.97 Å². The lowest BCUT2D eigenvalue weighted by Crippen LogP contribution is -2.50. The number of benzene rings is 1. The molecule has 0 N–H and O–H groups in total. The number of fused-ring (bicyclic) bond motifs is 1. The topological polar surface area (TPSA) is 56.1 Å². The van der Waals surface area contributed by atoms with Gasteiger partial charge < -0.3 is 9.80 Å². The molecule has 1 aliphatic heterocycles. The number of piperazine rings is 1. The van der Waals surface area contributed by atoms with Crippen LogP contribution in [-0.4, -0.2) is 40.5 Å². The molecule has 2 fully saturated rings. The Morgan fingerprint density at radius 1 is 1.28 bits per heavy atom. The van der Waals surface area contributed by atoms with E-state index in [-0.39, 0.29) is 6.04 Å². The molecule has 2 heterocycles. The first kappa shape index (κ1) is 16.2. The van der Waals surface area contributed by atoms with Crippen molar-refractivity contribution in [2.45, 2.75) is 31.7 Å². The minimum Gasteiger partial charge on any atom is -0.359 e. The number of nitriles is 1. The van der Waals surface area contributed by atoms with Gasteiger partial charge in [0.2, 0.25) is 0 Å². The van der Waals surface area contributed by atoms with E-state index >= 15 is 0 Å². The SMILES string of the molecule is CC=CN1CCN(c2ncnc3cc(Cl)c(C4CC4)cc23)CC1C#N. The summed E-state index contributed by atoms with van der Waals surface area (Å²) in [5.41, 5.74) is 2.07. The average molecular weight is 354 g/mol. The summed E-state index contributed by atoms with van der Waals surface area (Å²) in [6, 6.07) is 6.34. The first-order valence-electron chi connectivity index (χ1n) is 8.68. The van der Waals surface area contributed by atoms with Crippen LogP contribution in [0.2, 0.25) is 5.02 Å². The lowest BCUT2D eigenvalue weighted by molar-refractivity contribution is 0.294. The monoisotopic (exact) mass is 353 g/mol. The molecule has 1 aromatic carbocycles. The third kappa shape index (κ3) is 3.03. The molecule has 128 valence electrons. The van der Waals surface area contributed by atoms with E-state index in [2.05, 4.69) is 31.9 Å². The van der Waals surface area contributed by atoms with E-state index in [9.17, 15) is 5.26 Å². The molecule has 5 nitrogen and oxygen atoms in total. The molecule has 1 aromatic heterocycles. The van der Waals surface area contributed by atoms with Crippen LogP contribution < -0.4 is 4.90 Å². The highest BCUT2D eigenvalue weighted by Crippen LogP contribution is 2.45. The number of anilines is 1. The van der Waals surface area contributed by atoms with E-state index in [0.29, 0.717) is 12.5 Å². The van der Waals surface area contributed by atoms with Gasteiger partial charge in [0, 0.05) is 23.5 Å². The Morgan fingerprint density at radius 3 is 2.84 bits per heavy atom. The maximum Gasteiger partial charge on any atom is 0.140 e. The summed E-state index contributed by atoms with van der Waals surface area (Å²) in [7, 11) is 0. The molecule has 6 heteroatoms. The second-order valence-corrected chi connectivity index (χ2v) is 7.08. The predicted molar refractivity (Wildman–Crippen MR) is 99.7 cm³/mol. The van der Waals surface area contributed by atoms with E-state index in [1.807, 2.05) is 25.3 Å². The zero-order valence-corrected chi connectivity index (χ0v) is 14.9. The molecule has 1 unspecified atom stereocenters. The van der Waals surface area contributed by atoms with Gasteiger partial charge in [-0.2, -0.15) is 5.26 Å². The number of hydrogen-bond donors (Lipinski definition) is 0. The van der Waals surface area contributed by atoms with Crippen LogP contribution in [0.15, 0.2) is 30.7 Å². The third-order valence-corrected chi connectivity index (χ3v) is 5.29. The van der Waals surface area contributed by atoms with Crippen LogP contribution >= 0.6 is 11.6 Å². The van der Waals surface area contributed by atoms with Gasteiger partial charge in [0.25, 0.3) is 0 Å². The zero-order chi connectivity index (χ0) is 17.4. The molecule has 1 atom stereocenters. The molecular weight excluding hydrogens is 334 g/mol. The van der Waals surface area contributed by atoms with Gasteiger partial charge in [-0.15, -0.1) is 0 Å². The fourth-order valence-electron chi connectivity index (χ4n) is 3.51. The first-order valence-corrected chi connectivity index (χ1v) is 9.06. The van der Waals surface area contributed by atoms with E-state index in [1.54, 1.807) is 6.33 Å². The quantitative estimate of drug-likeness (QED) is 0.842. The summed E-state index contributed by atoms with van der Waals surface area (Å²) in [6.07, 6.45) is 7.96. The Hall–Kier alpha value is -2.32. The summed E-state index contributed by atoms with van der Waals surface area (Å²) in [5.74, 6) is 1.48. The highest BCUT2D eigenvalue weighted by Gasteiger charge is 2.29. The van der Waals surface area contributed by atoms with Gasteiger partial charge in [-0.05, 0) is 49.6 Å². The Labute approximate surface area is 152 Å². The molecular formula is C19H20ClN5. The van der Waals surface area contributed by atoms with Gasteiger partial charge in [0.05, 0.1) is 18.1 Å². The number of hydrogen-bond acceptors (Lipinski definition) is 5. The predicted octanol–water partition coefficient (Wildman–Crippen LogP) is 3.71. The van der Waals surface area contributed by atoms with Crippen LogP contribution in [0, 0.1) is 11.3 Å². The van der Waals surface area contributed by atoms with Gasteiger partial charge in [-0.3, -0.25) is 0 Å². The highest BCUT2D eigenvalue weighted by molar-refractivity contribution is 6.32. The highest BCUT2D eigenvalue weighted by atomic mass is 35.5. The molecule has 4 rings (SSSR count). The van der Waals surface area contributed by atoms with Crippen molar-refractivity contribution in [1.29, 1.82) is 5.26 Å². The summed E-state index contributed by atoms with van der Waals surface area (Å²) in [4.78, 5) is 13.2. The minimum atomic E-state index is -0.176. The Balaban J connectivity index is 1.72. The van der Waals surface area contributed by atoms with Gasteiger partial charge in [0.15, 0.2) is 0 Å². The molecule has 1 saturated heterocycles. The molecule has 1 aliphatic carbocycles. The van der Waals surface area contributed by atoms with Crippen molar-refractivity contribution in [1.82, 2.24) is 14.9 Å². The molecule has 2 aliphatic rings. The van der Waals surface area contributed by atoms with E-state index in [4.69, 9.17) is 11.6 Å². The normalized spacial score (nSPS) is 21.1. The van der Waals surface area contributed by atoms with Crippen molar-refractivity contribution < 1.29 is 0 Å². The summed E-state index contributed by atoms with van der Waals surface area (Å²) >= 11 is 6.44. The maximum absolute atomic E-state index is 9.53. The van der Waals surface area contributed by atoms with Crippen molar-refractivity contribution in [2.75, 3.05) is 24.5 Å². The largest absolute Gasteiger partial charge is 0.359 e. The van der Waals surface area contributed by atoms with Crippen LogP contribution in [0.4, 0.5) is 5.82 Å². The second-order valence-electron chi connectivity index (χ2n) is 6.67. The van der Waals surface area contributed by atoms with Gasteiger partial charge in [-0.1, -0.05) is 17.7 Å². The Morgan fingerprint density at radius 2 is 2.12 bits per heavy atom. The van der Waals surface area contributed by atoms with Gasteiger partial charge in [0.1, 0.15) is 18.2 Å². The second kappa shape index (κ2) is 6.53. The lowest BCUT2D eigenvalue weighted by Gasteiger charge is -2.38. The van der Waals surface area contributed by atoms with E-state index in [0.717, 1.165) is 34.8 Å². The Kier molecular flexibility index (Phi) is 4.22. The fraction of sp³-hybridized carbons (Fsp3) is 0.421. The lowest BCUT2D eigenvalue weighted by atomic mass is 10.1. The van der Waals surface area contributed by atoms with Crippen LogP contribution in [0.1, 0.15) is 31.2 Å². The van der Waals surface area contributed by atoms with Crippen molar-refractivity contribution in [3.63, 3.8) is 0 Å². The molecule has 2 aromatic rings. The number of allylic oxidation sites excluding steroid dienone is 1. The van der Waals surface area contributed by atoms with Crippen LogP contribution in [0.5, 0.6) is 0 Å². The first-order chi connectivity index (χ1) is 12.2. The van der Waals surface area contributed by atoms with Crippen molar-refractivity contribution in [3.05, 3.63) is 41.3 Å². The molecule has 0 spiro atoms. The fourth-order valence-corrected chi connectivity index (χ4v) is 3.83. The Bertz CT molecular complexity index is 868. The maximum atomic E-state index is 9.53. The van der Waals surface area contributed by atoms with E-state index in [1.165, 1.54) is 18.4 Å². The average Bonchev–Trinajstić information content (AvgIpc) is 3.46. The van der Waals surface area contributed by atoms with Crippen LogP contribution in [-0.2, 0) is 0 Å². The zero-order valence-electron chi connectivity index (χ0n) is 14.2. The van der Waals surface area contributed by atoms with Crippen molar-refractivity contribution >= 4 is 28.3 Å². The number of halogens is 1. The minimum absolute atomic E-state index is 0.176. The summed E-state index contributed by atoms with van der Waals surface area (Å²) in [5, 5.41) is 11.4. The molecule has 0 radical (unpaired) electrons. The number of rotatable bonds is 3.